The molecule has 27 heavy (non-hydrogen) atoms. The Bertz CT molecular complexity index is 957. The first-order valence-electron chi connectivity index (χ1n) is 8.71. The van der Waals surface area contributed by atoms with Gasteiger partial charge in [0, 0.05) is 17.8 Å². The van der Waals surface area contributed by atoms with Crippen LogP contribution in [0, 0.1) is 0 Å². The molecule has 6 nitrogen and oxygen atoms in total. The van der Waals surface area contributed by atoms with Crippen LogP contribution >= 0.6 is 23.2 Å². The molecule has 0 unspecified atom stereocenters. The number of nitrogens with zero attached hydrogens (tertiary/aromatic N) is 3. The third-order valence-corrected chi connectivity index (χ3v) is 5.20. The van der Waals surface area contributed by atoms with Crippen LogP contribution in [-0.2, 0) is 0 Å². The van der Waals surface area contributed by atoms with Gasteiger partial charge in [0.15, 0.2) is 11.5 Å². The van der Waals surface area contributed by atoms with Gasteiger partial charge in [0.1, 0.15) is 17.7 Å². The summed E-state index contributed by atoms with van der Waals surface area (Å²) >= 11 is 12.5. The number of pyridine rings is 1. The Morgan fingerprint density at radius 2 is 1.81 bits per heavy atom. The monoisotopic (exact) mass is 404 g/mol. The van der Waals surface area contributed by atoms with E-state index in [4.69, 9.17) is 32.7 Å². The van der Waals surface area contributed by atoms with Crippen molar-refractivity contribution in [3.05, 3.63) is 40.9 Å². The fourth-order valence-corrected chi connectivity index (χ4v) is 3.74. The Morgan fingerprint density at radius 1 is 1.07 bits per heavy atom. The second-order valence-corrected chi connectivity index (χ2v) is 7.16. The van der Waals surface area contributed by atoms with Crippen LogP contribution in [0.3, 0.4) is 0 Å². The molecule has 2 heterocycles. The van der Waals surface area contributed by atoms with E-state index in [2.05, 4.69) is 20.3 Å². The fourth-order valence-electron chi connectivity index (χ4n) is 3.28. The van der Waals surface area contributed by atoms with Gasteiger partial charge in [0.25, 0.3) is 0 Å². The first kappa shape index (κ1) is 18.1. The average molecular weight is 405 g/mol. The van der Waals surface area contributed by atoms with Gasteiger partial charge in [0.2, 0.25) is 0 Å². The van der Waals surface area contributed by atoms with Gasteiger partial charge in [-0.05, 0) is 37.8 Å². The third kappa shape index (κ3) is 3.59. The Kier molecular flexibility index (Phi) is 5.18. The van der Waals surface area contributed by atoms with E-state index in [0.717, 1.165) is 18.2 Å². The van der Waals surface area contributed by atoms with E-state index in [0.29, 0.717) is 38.6 Å². The van der Waals surface area contributed by atoms with E-state index in [-0.39, 0.29) is 6.10 Å². The number of nitrogens with one attached hydrogen (secondary N) is 1. The molecule has 1 aliphatic rings. The van der Waals surface area contributed by atoms with Gasteiger partial charge in [-0.2, -0.15) is 0 Å². The van der Waals surface area contributed by atoms with E-state index in [1.165, 1.54) is 31.6 Å². The van der Waals surface area contributed by atoms with Gasteiger partial charge in [-0.3, -0.25) is 4.98 Å². The quantitative estimate of drug-likeness (QED) is 0.613. The van der Waals surface area contributed by atoms with Crippen molar-refractivity contribution in [3.63, 3.8) is 0 Å². The molecule has 1 aromatic carbocycles. The molecule has 1 saturated carbocycles. The number of aromatic nitrogens is 3. The van der Waals surface area contributed by atoms with Crippen LogP contribution in [-0.4, -0.2) is 28.2 Å². The maximum absolute atomic E-state index is 6.26. The SMILES string of the molecule is COc1ccc2c(Nc3c(Cl)cncc3Cl)ncnc2c1OC1CCCC1. The second kappa shape index (κ2) is 7.74. The average Bonchev–Trinajstić information content (AvgIpc) is 3.18. The van der Waals surface area contributed by atoms with Crippen molar-refractivity contribution < 1.29 is 9.47 Å². The number of hydrogen-bond donors (Lipinski definition) is 1. The van der Waals surface area contributed by atoms with Gasteiger partial charge in [-0.25, -0.2) is 9.97 Å². The smallest absolute Gasteiger partial charge is 0.188 e. The number of rotatable bonds is 5. The minimum absolute atomic E-state index is 0.181. The highest BCUT2D eigenvalue weighted by atomic mass is 35.5. The molecule has 8 heteroatoms. The normalized spacial score (nSPS) is 14.5. The maximum atomic E-state index is 6.26. The van der Waals surface area contributed by atoms with Crippen LogP contribution in [0.4, 0.5) is 11.5 Å². The van der Waals surface area contributed by atoms with Crippen LogP contribution < -0.4 is 14.8 Å². The van der Waals surface area contributed by atoms with Crippen molar-refractivity contribution >= 4 is 45.6 Å². The van der Waals surface area contributed by atoms with Crippen LogP contribution in [0.15, 0.2) is 30.9 Å². The molecule has 0 saturated heterocycles. The second-order valence-electron chi connectivity index (χ2n) is 6.34. The standard InChI is InChI=1S/C19H18Cl2N4O2/c1-26-15-7-6-12-16(18(15)27-11-4-2-3-5-11)23-10-24-19(12)25-17-13(20)8-22-9-14(17)21/h6-11H,2-5H2,1H3,(H,22,23,24,25). The number of methoxy groups -OCH3 is 1. The molecule has 0 radical (unpaired) electrons. The zero-order valence-corrected chi connectivity index (χ0v) is 16.2. The fraction of sp³-hybridized carbons (Fsp3) is 0.316. The zero-order chi connectivity index (χ0) is 18.8. The van der Waals surface area contributed by atoms with Crippen molar-refractivity contribution in [1.29, 1.82) is 0 Å². The summed E-state index contributed by atoms with van der Waals surface area (Å²) in [5.74, 6) is 1.87. The number of hydrogen-bond acceptors (Lipinski definition) is 6. The lowest BCUT2D eigenvalue weighted by Crippen LogP contribution is -2.12. The molecule has 2 aromatic heterocycles. The molecule has 0 amide bonds. The zero-order valence-electron chi connectivity index (χ0n) is 14.7. The summed E-state index contributed by atoms with van der Waals surface area (Å²) in [6.07, 6.45) is 9.15. The van der Waals surface area contributed by atoms with Crippen molar-refractivity contribution in [2.24, 2.45) is 0 Å². The summed E-state index contributed by atoms with van der Waals surface area (Å²) < 4.78 is 11.8. The molecule has 0 aliphatic heterocycles. The topological polar surface area (TPSA) is 69.2 Å². The van der Waals surface area contributed by atoms with Crippen LogP contribution in [0.25, 0.3) is 10.9 Å². The van der Waals surface area contributed by atoms with Gasteiger partial charge < -0.3 is 14.8 Å². The molecule has 4 rings (SSSR count). The lowest BCUT2D eigenvalue weighted by atomic mass is 10.2. The van der Waals surface area contributed by atoms with Gasteiger partial charge >= 0.3 is 0 Å². The minimum Gasteiger partial charge on any atom is -0.493 e. The molecule has 0 spiro atoms. The van der Waals surface area contributed by atoms with E-state index in [1.807, 2.05) is 12.1 Å². The number of ether oxygens (including phenoxy) is 2. The summed E-state index contributed by atoms with van der Waals surface area (Å²) in [6.45, 7) is 0. The van der Waals surface area contributed by atoms with Crippen LogP contribution in [0.2, 0.25) is 10.0 Å². The van der Waals surface area contributed by atoms with Gasteiger partial charge in [-0.1, -0.05) is 23.2 Å². The molecule has 140 valence electrons. The van der Waals surface area contributed by atoms with Crippen molar-refractivity contribution in [1.82, 2.24) is 15.0 Å². The molecule has 1 N–H and O–H groups in total. The Hall–Kier alpha value is -2.31. The highest BCUT2D eigenvalue weighted by Gasteiger charge is 2.22. The predicted octanol–water partition coefficient (Wildman–Crippen LogP) is 5.41. The van der Waals surface area contributed by atoms with E-state index < -0.39 is 0 Å². The highest BCUT2D eigenvalue weighted by Crippen LogP contribution is 2.40. The van der Waals surface area contributed by atoms with Gasteiger partial charge in [0.05, 0.1) is 28.9 Å². The molecule has 1 fully saturated rings. The molecule has 0 bridgehead atoms. The largest absolute Gasteiger partial charge is 0.493 e. The Labute approximate surface area is 166 Å². The lowest BCUT2D eigenvalue weighted by Gasteiger charge is -2.18. The van der Waals surface area contributed by atoms with Crippen molar-refractivity contribution in [3.8, 4) is 11.5 Å². The molecule has 3 aromatic rings. The van der Waals surface area contributed by atoms with Crippen molar-refractivity contribution in [2.75, 3.05) is 12.4 Å². The summed E-state index contributed by atoms with van der Waals surface area (Å²) in [4.78, 5) is 12.8. The van der Waals surface area contributed by atoms with Crippen LogP contribution in [0.5, 0.6) is 11.5 Å². The van der Waals surface area contributed by atoms with E-state index in [9.17, 15) is 0 Å². The van der Waals surface area contributed by atoms with Crippen molar-refractivity contribution in [2.45, 2.75) is 31.8 Å². The number of halogens is 2. The van der Waals surface area contributed by atoms with E-state index >= 15 is 0 Å². The first-order chi connectivity index (χ1) is 13.2. The summed E-state index contributed by atoms with van der Waals surface area (Å²) in [5.41, 5.74) is 1.22. The molecule has 1 aliphatic carbocycles. The van der Waals surface area contributed by atoms with E-state index in [1.54, 1.807) is 7.11 Å². The molecule has 0 atom stereocenters. The summed E-state index contributed by atoms with van der Waals surface area (Å²) in [7, 11) is 1.62. The predicted molar refractivity (Wildman–Crippen MR) is 107 cm³/mol. The van der Waals surface area contributed by atoms with Crippen LogP contribution in [0.1, 0.15) is 25.7 Å². The minimum atomic E-state index is 0.181. The first-order valence-corrected chi connectivity index (χ1v) is 9.47. The number of fused-ring (bicyclic) bond motifs is 1. The summed E-state index contributed by atoms with van der Waals surface area (Å²) in [5, 5.41) is 4.79. The Morgan fingerprint density at radius 3 is 2.52 bits per heavy atom. The van der Waals surface area contributed by atoms with Gasteiger partial charge in [-0.15, -0.1) is 0 Å². The molecular weight excluding hydrogens is 387 g/mol. The molecular formula is C19H18Cl2N4O2. The third-order valence-electron chi connectivity index (χ3n) is 4.63. The number of anilines is 2. The lowest BCUT2D eigenvalue weighted by molar-refractivity contribution is 0.203. The highest BCUT2D eigenvalue weighted by molar-refractivity contribution is 6.39. The number of benzene rings is 1. The Balaban J connectivity index is 1.79. The summed E-state index contributed by atoms with van der Waals surface area (Å²) in [6, 6.07) is 3.75. The maximum Gasteiger partial charge on any atom is 0.188 e.